The van der Waals surface area contributed by atoms with Gasteiger partial charge in [-0.25, -0.2) is 0 Å². The van der Waals surface area contributed by atoms with Gasteiger partial charge in [0.25, 0.3) is 0 Å². The summed E-state index contributed by atoms with van der Waals surface area (Å²) in [7, 11) is 0. The molecule has 0 aromatic rings. The van der Waals surface area contributed by atoms with Gasteiger partial charge in [-0.2, -0.15) is 0 Å². The van der Waals surface area contributed by atoms with Crippen LogP contribution in [0.1, 0.15) is 6.42 Å². The van der Waals surface area contributed by atoms with Crippen LogP contribution in [-0.4, -0.2) is 16.9 Å². The van der Waals surface area contributed by atoms with Gasteiger partial charge in [0.15, 0.2) is 0 Å². The lowest BCUT2D eigenvalue weighted by molar-refractivity contribution is -0.138. The molecule has 1 rings (SSSR count). The van der Waals surface area contributed by atoms with Crippen LogP contribution in [0.3, 0.4) is 0 Å². The van der Waals surface area contributed by atoms with E-state index in [-0.39, 0.29) is 17.7 Å². The molecule has 1 fully saturated rings. The van der Waals surface area contributed by atoms with Crippen molar-refractivity contribution >= 4 is 11.8 Å². The van der Waals surface area contributed by atoms with Crippen molar-refractivity contribution in [1.82, 2.24) is 0 Å². The Hall–Kier alpha value is -1.06. The molecule has 0 aliphatic heterocycles. The van der Waals surface area contributed by atoms with Crippen molar-refractivity contribution < 1.29 is 9.90 Å². The van der Waals surface area contributed by atoms with Crippen LogP contribution in [0.4, 0.5) is 0 Å². The van der Waals surface area contributed by atoms with Crippen LogP contribution in [0.15, 0.2) is 0 Å². The fourth-order valence-electron chi connectivity index (χ4n) is 0.812. The lowest BCUT2D eigenvalue weighted by atomic mass is 10.3. The number of carbonyl (C=O) groups is 1. The third-order valence-electron chi connectivity index (χ3n) is 1.51. The van der Waals surface area contributed by atoms with Crippen LogP contribution in [0, 0.1) is 17.2 Å². The molecule has 0 aromatic carbocycles. The second-order valence-electron chi connectivity index (χ2n) is 2.24. The van der Waals surface area contributed by atoms with E-state index in [0.717, 1.165) is 0 Å². The monoisotopic (exact) mass is 128 g/mol. The standard InChI is InChI=1S/C5H8N2O2/c6-4(7)2-1-3(2)5(8)9/h2-3H,1H2,(H3,6,7)(H,8,9)/t2-,3-/m0/s1. The molecule has 0 radical (unpaired) electrons. The molecule has 0 unspecified atom stereocenters. The largest absolute Gasteiger partial charge is 0.481 e. The first-order chi connectivity index (χ1) is 4.13. The number of nitrogens with one attached hydrogen (secondary N) is 1. The molecular weight excluding hydrogens is 120 g/mol. The number of carboxylic acid groups (broad SMARTS) is 1. The first-order valence-corrected chi connectivity index (χ1v) is 2.69. The highest BCUT2D eigenvalue weighted by Gasteiger charge is 2.45. The third-order valence-corrected chi connectivity index (χ3v) is 1.51. The summed E-state index contributed by atoms with van der Waals surface area (Å²) < 4.78 is 0. The highest BCUT2D eigenvalue weighted by atomic mass is 16.4. The molecule has 0 saturated heterocycles. The molecule has 2 atom stereocenters. The molecule has 4 N–H and O–H groups in total. The second-order valence-corrected chi connectivity index (χ2v) is 2.24. The summed E-state index contributed by atoms with van der Waals surface area (Å²) in [4.78, 5) is 10.1. The van der Waals surface area contributed by atoms with Gasteiger partial charge in [0.1, 0.15) is 0 Å². The Morgan fingerprint density at radius 3 is 2.33 bits per heavy atom. The van der Waals surface area contributed by atoms with E-state index < -0.39 is 5.97 Å². The molecule has 0 heterocycles. The van der Waals surface area contributed by atoms with Crippen LogP contribution < -0.4 is 5.73 Å². The summed E-state index contributed by atoms with van der Waals surface area (Å²) in [5.41, 5.74) is 5.05. The van der Waals surface area contributed by atoms with E-state index in [1.165, 1.54) is 0 Å². The van der Waals surface area contributed by atoms with Gasteiger partial charge in [0.05, 0.1) is 11.8 Å². The van der Waals surface area contributed by atoms with Crippen LogP contribution in [0.5, 0.6) is 0 Å². The van der Waals surface area contributed by atoms with E-state index in [9.17, 15) is 4.79 Å². The Kier molecular flexibility index (Phi) is 1.16. The zero-order valence-electron chi connectivity index (χ0n) is 4.79. The number of rotatable bonds is 2. The lowest BCUT2D eigenvalue weighted by Gasteiger charge is -1.89. The molecule has 1 aliphatic carbocycles. The average molecular weight is 128 g/mol. The summed E-state index contributed by atoms with van der Waals surface area (Å²) >= 11 is 0. The summed E-state index contributed by atoms with van der Waals surface area (Å²) in [5, 5.41) is 15.2. The van der Waals surface area contributed by atoms with E-state index in [2.05, 4.69) is 0 Å². The topological polar surface area (TPSA) is 87.2 Å². The van der Waals surface area contributed by atoms with E-state index in [0.29, 0.717) is 6.42 Å². The molecule has 0 amide bonds. The number of aliphatic carboxylic acids is 1. The SMILES string of the molecule is N=C(N)[C@H]1C[C@@H]1C(=O)O. The number of hydrogen-bond donors (Lipinski definition) is 3. The predicted molar refractivity (Wildman–Crippen MR) is 31.1 cm³/mol. The van der Waals surface area contributed by atoms with Gasteiger partial charge < -0.3 is 10.8 Å². The van der Waals surface area contributed by atoms with Crippen molar-refractivity contribution in [3.63, 3.8) is 0 Å². The molecule has 1 saturated carbocycles. The number of amidine groups is 1. The van der Waals surface area contributed by atoms with E-state index in [1.54, 1.807) is 0 Å². The quantitative estimate of drug-likeness (QED) is 0.350. The van der Waals surface area contributed by atoms with Gasteiger partial charge in [-0.1, -0.05) is 0 Å². The molecule has 0 aromatic heterocycles. The van der Waals surface area contributed by atoms with Gasteiger partial charge in [-0.15, -0.1) is 0 Å². The Bertz CT molecular complexity index is 148. The average Bonchev–Trinajstić information content (AvgIpc) is 2.39. The number of nitrogens with two attached hydrogens (primary N) is 1. The van der Waals surface area contributed by atoms with Gasteiger partial charge >= 0.3 is 5.97 Å². The Balaban J connectivity index is 2.42. The molecule has 0 bridgehead atoms. The minimum atomic E-state index is -0.838. The summed E-state index contributed by atoms with van der Waals surface area (Å²) in [6.07, 6.45) is 0.546. The first-order valence-electron chi connectivity index (χ1n) is 2.69. The minimum absolute atomic E-state index is 0.00222. The first kappa shape index (κ1) is 6.07. The maximum atomic E-state index is 10.1. The van der Waals surface area contributed by atoms with Crippen molar-refractivity contribution in [3.05, 3.63) is 0 Å². The highest BCUT2D eigenvalue weighted by Crippen LogP contribution is 2.37. The molecule has 4 nitrogen and oxygen atoms in total. The molecule has 50 valence electrons. The van der Waals surface area contributed by atoms with Crippen LogP contribution in [0.2, 0.25) is 0 Å². The van der Waals surface area contributed by atoms with Gasteiger partial charge in [0.2, 0.25) is 0 Å². The maximum Gasteiger partial charge on any atom is 0.307 e. The van der Waals surface area contributed by atoms with Crippen molar-refractivity contribution in [2.45, 2.75) is 6.42 Å². The fourth-order valence-corrected chi connectivity index (χ4v) is 0.812. The van der Waals surface area contributed by atoms with Crippen LogP contribution in [-0.2, 0) is 4.79 Å². The second kappa shape index (κ2) is 1.72. The maximum absolute atomic E-state index is 10.1. The summed E-state index contributed by atoms with van der Waals surface area (Å²) in [6.45, 7) is 0. The fraction of sp³-hybridized carbons (Fsp3) is 0.600. The van der Waals surface area contributed by atoms with Crippen molar-refractivity contribution in [3.8, 4) is 0 Å². The highest BCUT2D eigenvalue weighted by molar-refractivity contribution is 5.89. The Labute approximate surface area is 52.2 Å². The van der Waals surface area contributed by atoms with Crippen molar-refractivity contribution in [2.75, 3.05) is 0 Å². The van der Waals surface area contributed by atoms with Crippen molar-refractivity contribution in [2.24, 2.45) is 17.6 Å². The van der Waals surface area contributed by atoms with Crippen LogP contribution >= 0.6 is 0 Å². The normalized spacial score (nSPS) is 31.6. The number of carboxylic acids is 1. The van der Waals surface area contributed by atoms with E-state index in [4.69, 9.17) is 16.2 Å². The van der Waals surface area contributed by atoms with Gasteiger partial charge in [-0.3, -0.25) is 10.2 Å². The predicted octanol–water partition coefficient (Wildman–Crippen LogP) is -0.357. The van der Waals surface area contributed by atoms with Gasteiger partial charge in [0, 0.05) is 5.92 Å². The van der Waals surface area contributed by atoms with E-state index >= 15 is 0 Å². The van der Waals surface area contributed by atoms with Crippen LogP contribution in [0.25, 0.3) is 0 Å². The smallest absolute Gasteiger partial charge is 0.307 e. The molecular formula is C5H8N2O2. The lowest BCUT2D eigenvalue weighted by Crippen LogP contribution is -2.15. The molecule has 0 spiro atoms. The number of hydrogen-bond acceptors (Lipinski definition) is 2. The third kappa shape index (κ3) is 1.01. The molecule has 9 heavy (non-hydrogen) atoms. The molecule has 4 heteroatoms. The Morgan fingerprint density at radius 2 is 2.22 bits per heavy atom. The summed E-state index contributed by atoms with van der Waals surface area (Å²) in [5.74, 6) is -1.39. The zero-order chi connectivity index (χ0) is 7.02. The summed E-state index contributed by atoms with van der Waals surface area (Å²) in [6, 6.07) is 0. The Morgan fingerprint density at radius 1 is 1.67 bits per heavy atom. The van der Waals surface area contributed by atoms with E-state index in [1.807, 2.05) is 0 Å². The van der Waals surface area contributed by atoms with Crippen molar-refractivity contribution in [1.29, 1.82) is 5.41 Å². The van der Waals surface area contributed by atoms with Gasteiger partial charge in [-0.05, 0) is 6.42 Å². The zero-order valence-corrected chi connectivity index (χ0v) is 4.79. The molecule has 1 aliphatic rings. The minimum Gasteiger partial charge on any atom is -0.481 e.